The number of allylic oxidation sites excluding steroid dienone is 1. The molecule has 0 aliphatic carbocycles. The van der Waals surface area contributed by atoms with Crippen molar-refractivity contribution in [2.75, 3.05) is 6.54 Å². The maximum atomic E-state index is 4.08. The van der Waals surface area contributed by atoms with Crippen LogP contribution in [0.3, 0.4) is 0 Å². The maximum Gasteiger partial charge on any atom is 0.0143 e. The Kier molecular flexibility index (Phi) is 5.12. The zero-order valence-electron chi connectivity index (χ0n) is 9.91. The molecule has 0 aliphatic heterocycles. The molecule has 0 aromatic heterocycles. The molecule has 1 atom stereocenters. The lowest BCUT2D eigenvalue weighted by molar-refractivity contribution is 0.289. The fraction of sp³-hybridized carbons (Fsp3) is 0.833. The lowest BCUT2D eigenvalue weighted by Crippen LogP contribution is -2.27. The first kappa shape index (κ1) is 12.5. The van der Waals surface area contributed by atoms with Gasteiger partial charge in [0, 0.05) is 18.2 Å². The van der Waals surface area contributed by atoms with Gasteiger partial charge in [-0.25, -0.2) is 0 Å². The summed E-state index contributed by atoms with van der Waals surface area (Å²) < 4.78 is 0. The summed E-state index contributed by atoms with van der Waals surface area (Å²) in [7, 11) is 0. The molecule has 1 nitrogen and oxygen atoms in total. The number of unbranched alkanes of at least 4 members (excludes halogenated alkanes) is 1. The number of hydrogen-bond acceptors (Lipinski definition) is 1. The molecule has 0 amide bonds. The van der Waals surface area contributed by atoms with Crippen molar-refractivity contribution in [1.29, 1.82) is 0 Å². The standard InChI is InChI=1S/C12H25N/c1-7-8-9-13-11(3)10(2)12(4,5)6/h10,13H,3,7-9H2,1-2,4-6H3. The van der Waals surface area contributed by atoms with Gasteiger partial charge in [0.25, 0.3) is 0 Å². The third kappa shape index (κ3) is 4.97. The maximum absolute atomic E-state index is 4.08. The van der Waals surface area contributed by atoms with Crippen LogP contribution in [0.2, 0.25) is 0 Å². The fourth-order valence-electron chi connectivity index (χ4n) is 1.10. The van der Waals surface area contributed by atoms with E-state index < -0.39 is 0 Å². The van der Waals surface area contributed by atoms with Crippen LogP contribution in [-0.4, -0.2) is 6.54 Å². The van der Waals surface area contributed by atoms with Gasteiger partial charge in [0.15, 0.2) is 0 Å². The Morgan fingerprint density at radius 3 is 2.31 bits per heavy atom. The van der Waals surface area contributed by atoms with E-state index in [1.54, 1.807) is 0 Å². The Bertz CT molecular complexity index is 153. The molecule has 1 N–H and O–H groups in total. The smallest absolute Gasteiger partial charge is 0.0143 e. The van der Waals surface area contributed by atoms with Crippen LogP contribution < -0.4 is 5.32 Å². The van der Waals surface area contributed by atoms with Gasteiger partial charge >= 0.3 is 0 Å². The second-order valence-corrected chi connectivity index (χ2v) is 4.89. The van der Waals surface area contributed by atoms with Crippen molar-refractivity contribution in [3.05, 3.63) is 12.3 Å². The third-order valence-corrected chi connectivity index (χ3v) is 2.70. The lowest BCUT2D eigenvalue weighted by atomic mass is 9.80. The van der Waals surface area contributed by atoms with Crippen LogP contribution in [0.1, 0.15) is 47.5 Å². The molecular weight excluding hydrogens is 158 g/mol. The number of nitrogens with one attached hydrogen (secondary N) is 1. The van der Waals surface area contributed by atoms with Gasteiger partial charge in [0.05, 0.1) is 0 Å². The molecule has 0 heterocycles. The molecule has 13 heavy (non-hydrogen) atoms. The van der Waals surface area contributed by atoms with E-state index in [1.165, 1.54) is 18.5 Å². The van der Waals surface area contributed by atoms with Gasteiger partial charge in [-0.3, -0.25) is 0 Å². The van der Waals surface area contributed by atoms with Gasteiger partial charge in [-0.2, -0.15) is 0 Å². The summed E-state index contributed by atoms with van der Waals surface area (Å²) in [4.78, 5) is 0. The van der Waals surface area contributed by atoms with Gasteiger partial charge in [0.2, 0.25) is 0 Å². The molecule has 0 bridgehead atoms. The van der Waals surface area contributed by atoms with Gasteiger partial charge in [-0.15, -0.1) is 0 Å². The largest absolute Gasteiger partial charge is 0.389 e. The second-order valence-electron chi connectivity index (χ2n) is 4.89. The van der Waals surface area contributed by atoms with E-state index in [0.717, 1.165) is 6.54 Å². The highest BCUT2D eigenvalue weighted by Crippen LogP contribution is 2.29. The Morgan fingerprint density at radius 2 is 1.92 bits per heavy atom. The van der Waals surface area contributed by atoms with E-state index in [-0.39, 0.29) is 0 Å². The molecule has 0 spiro atoms. The molecule has 0 saturated heterocycles. The predicted molar refractivity (Wildman–Crippen MR) is 60.7 cm³/mol. The molecule has 1 heteroatoms. The van der Waals surface area contributed by atoms with Crippen molar-refractivity contribution >= 4 is 0 Å². The Balaban J connectivity index is 3.84. The van der Waals surface area contributed by atoms with Gasteiger partial charge in [0.1, 0.15) is 0 Å². The monoisotopic (exact) mass is 183 g/mol. The highest BCUT2D eigenvalue weighted by molar-refractivity contribution is 5.00. The Labute approximate surface area is 83.6 Å². The molecule has 0 aromatic carbocycles. The minimum atomic E-state index is 0.316. The molecule has 0 aromatic rings. The number of rotatable bonds is 5. The zero-order valence-corrected chi connectivity index (χ0v) is 9.91. The van der Waals surface area contributed by atoms with Crippen LogP contribution in [0.25, 0.3) is 0 Å². The summed E-state index contributed by atoms with van der Waals surface area (Å²) in [5.41, 5.74) is 1.50. The van der Waals surface area contributed by atoms with Crippen molar-refractivity contribution < 1.29 is 0 Å². The SMILES string of the molecule is C=C(NCCCC)C(C)C(C)(C)C. The highest BCUT2D eigenvalue weighted by atomic mass is 14.9. The topological polar surface area (TPSA) is 12.0 Å². The summed E-state index contributed by atoms with van der Waals surface area (Å²) in [6.45, 7) is 16.4. The van der Waals surface area contributed by atoms with E-state index >= 15 is 0 Å². The summed E-state index contributed by atoms with van der Waals surface area (Å²) in [6, 6.07) is 0. The normalized spacial score (nSPS) is 13.9. The van der Waals surface area contributed by atoms with Crippen LogP contribution in [0.15, 0.2) is 12.3 Å². The number of hydrogen-bond donors (Lipinski definition) is 1. The first-order valence-electron chi connectivity index (χ1n) is 5.32. The van der Waals surface area contributed by atoms with Crippen LogP contribution >= 0.6 is 0 Å². The van der Waals surface area contributed by atoms with Crippen LogP contribution in [-0.2, 0) is 0 Å². The van der Waals surface area contributed by atoms with Gasteiger partial charge in [-0.05, 0) is 11.8 Å². The van der Waals surface area contributed by atoms with Crippen molar-refractivity contribution in [3.63, 3.8) is 0 Å². The highest BCUT2D eigenvalue weighted by Gasteiger charge is 2.21. The molecule has 0 aliphatic rings. The van der Waals surface area contributed by atoms with Gasteiger partial charge in [-0.1, -0.05) is 47.6 Å². The van der Waals surface area contributed by atoms with E-state index in [0.29, 0.717) is 11.3 Å². The van der Waals surface area contributed by atoms with E-state index in [4.69, 9.17) is 0 Å². The molecule has 0 saturated carbocycles. The van der Waals surface area contributed by atoms with Gasteiger partial charge < -0.3 is 5.32 Å². The lowest BCUT2D eigenvalue weighted by Gasteiger charge is -2.29. The van der Waals surface area contributed by atoms with Crippen LogP contribution in [0.4, 0.5) is 0 Å². The minimum Gasteiger partial charge on any atom is -0.389 e. The Morgan fingerprint density at radius 1 is 1.38 bits per heavy atom. The fourth-order valence-corrected chi connectivity index (χ4v) is 1.10. The van der Waals surface area contributed by atoms with Crippen molar-refractivity contribution in [1.82, 2.24) is 5.32 Å². The van der Waals surface area contributed by atoms with Crippen molar-refractivity contribution in [3.8, 4) is 0 Å². The first-order valence-corrected chi connectivity index (χ1v) is 5.32. The summed E-state index contributed by atoms with van der Waals surface area (Å²) in [6.07, 6.45) is 2.47. The average Bonchev–Trinajstić information content (AvgIpc) is 2.01. The molecule has 1 unspecified atom stereocenters. The summed E-state index contributed by atoms with van der Waals surface area (Å²) in [5, 5.41) is 3.40. The molecule has 0 rings (SSSR count). The van der Waals surface area contributed by atoms with E-state index in [2.05, 4.69) is 46.5 Å². The summed E-state index contributed by atoms with van der Waals surface area (Å²) in [5.74, 6) is 0.532. The zero-order chi connectivity index (χ0) is 10.5. The second kappa shape index (κ2) is 5.31. The first-order chi connectivity index (χ1) is 5.89. The van der Waals surface area contributed by atoms with E-state index in [9.17, 15) is 0 Å². The minimum absolute atomic E-state index is 0.316. The Hall–Kier alpha value is -0.460. The molecule has 78 valence electrons. The predicted octanol–water partition coefficient (Wildman–Crippen LogP) is 3.57. The van der Waals surface area contributed by atoms with Crippen LogP contribution in [0.5, 0.6) is 0 Å². The third-order valence-electron chi connectivity index (χ3n) is 2.70. The van der Waals surface area contributed by atoms with E-state index in [1.807, 2.05) is 0 Å². The quantitative estimate of drug-likeness (QED) is 0.642. The average molecular weight is 183 g/mol. The van der Waals surface area contributed by atoms with Crippen molar-refractivity contribution in [2.24, 2.45) is 11.3 Å². The van der Waals surface area contributed by atoms with Crippen LogP contribution in [0, 0.1) is 11.3 Å². The van der Waals surface area contributed by atoms with Crippen molar-refractivity contribution in [2.45, 2.75) is 47.5 Å². The molecule has 0 fully saturated rings. The summed E-state index contributed by atoms with van der Waals surface area (Å²) >= 11 is 0. The molecule has 0 radical (unpaired) electrons. The molecular formula is C12H25N.